The number of hydrogen-bond acceptors (Lipinski definition) is 5. The van der Waals surface area contributed by atoms with Crippen molar-refractivity contribution in [3.63, 3.8) is 0 Å². The maximum Gasteiger partial charge on any atom is 0.443 e. The summed E-state index contributed by atoms with van der Waals surface area (Å²) in [4.78, 5) is 18.7. The summed E-state index contributed by atoms with van der Waals surface area (Å²) in [5.41, 5.74) is 0.690. The first-order valence-electron chi connectivity index (χ1n) is 6.05. The second-order valence-electron chi connectivity index (χ2n) is 4.14. The highest BCUT2D eigenvalue weighted by Gasteiger charge is 2.35. The Labute approximate surface area is 122 Å². The molecule has 0 aliphatic heterocycles. The Morgan fingerprint density at radius 1 is 1.38 bits per heavy atom. The van der Waals surface area contributed by atoms with Crippen molar-refractivity contribution in [3.05, 3.63) is 46.2 Å². The lowest BCUT2D eigenvalue weighted by Crippen LogP contribution is -2.10. The van der Waals surface area contributed by atoms with Crippen LogP contribution in [0.5, 0.6) is 0 Å². The molecule has 0 spiro atoms. The third-order valence-corrected chi connectivity index (χ3v) is 3.41. The molecule has 2 aromatic heterocycles. The van der Waals surface area contributed by atoms with Crippen molar-refractivity contribution in [2.75, 3.05) is 6.61 Å². The lowest BCUT2D eigenvalue weighted by atomic mass is 10.2. The minimum Gasteiger partial charge on any atom is -0.461 e. The molecule has 4 nitrogen and oxygen atoms in total. The van der Waals surface area contributed by atoms with Crippen LogP contribution in [0.15, 0.2) is 29.9 Å². The number of carbonyl (C=O) groups excluding carboxylic acids is 1. The van der Waals surface area contributed by atoms with E-state index in [0.29, 0.717) is 24.2 Å². The number of aryl methyl sites for hydroxylation is 1. The molecular formula is C13H11F3N2O2S. The number of ether oxygens (including phenoxy) is 1. The second-order valence-corrected chi connectivity index (χ2v) is 4.99. The topological polar surface area (TPSA) is 52.1 Å². The van der Waals surface area contributed by atoms with Gasteiger partial charge in [-0.25, -0.2) is 9.78 Å². The molecule has 0 N–H and O–H groups in total. The number of thiazole rings is 1. The van der Waals surface area contributed by atoms with Crippen LogP contribution in [-0.2, 0) is 17.3 Å². The second kappa shape index (κ2) is 6.66. The average Bonchev–Trinajstić information content (AvgIpc) is 2.94. The molecule has 112 valence electrons. The molecule has 0 atom stereocenters. The summed E-state index contributed by atoms with van der Waals surface area (Å²) in [6, 6.07) is 3.69. The van der Waals surface area contributed by atoms with Crippen LogP contribution in [0.2, 0.25) is 0 Å². The Balaban J connectivity index is 1.78. The highest BCUT2D eigenvalue weighted by atomic mass is 32.1. The fourth-order valence-electron chi connectivity index (χ4n) is 1.56. The third kappa shape index (κ3) is 4.52. The van der Waals surface area contributed by atoms with Gasteiger partial charge in [0.2, 0.25) is 0 Å². The minimum atomic E-state index is -4.54. The standard InChI is InChI=1S/C13H11F3N2O2S/c14-13(15,16)12-18-10(8-21-12)11(19)20-6-2-4-9-3-1-5-17-7-9/h1,3,5,7-8H,2,4,6H2. The number of pyridine rings is 1. The molecule has 0 bridgehead atoms. The zero-order chi connectivity index (χ0) is 15.3. The normalized spacial score (nSPS) is 11.4. The molecule has 2 rings (SSSR count). The molecule has 0 aliphatic rings. The number of carbonyl (C=O) groups is 1. The SMILES string of the molecule is O=C(OCCCc1cccnc1)c1csc(C(F)(F)F)n1. The molecule has 0 aromatic carbocycles. The summed E-state index contributed by atoms with van der Waals surface area (Å²) in [5.74, 6) is -0.840. The van der Waals surface area contributed by atoms with E-state index in [1.807, 2.05) is 6.07 Å². The lowest BCUT2D eigenvalue weighted by molar-refractivity contribution is -0.137. The molecule has 2 heterocycles. The molecule has 0 saturated carbocycles. The van der Waals surface area contributed by atoms with Gasteiger partial charge >= 0.3 is 12.1 Å². The van der Waals surface area contributed by atoms with Crippen LogP contribution in [0.4, 0.5) is 13.2 Å². The monoisotopic (exact) mass is 316 g/mol. The largest absolute Gasteiger partial charge is 0.461 e. The van der Waals surface area contributed by atoms with Crippen molar-refractivity contribution < 1.29 is 22.7 Å². The van der Waals surface area contributed by atoms with Gasteiger partial charge in [-0.3, -0.25) is 4.98 Å². The maximum absolute atomic E-state index is 12.3. The van der Waals surface area contributed by atoms with E-state index in [2.05, 4.69) is 9.97 Å². The minimum absolute atomic E-state index is 0.118. The summed E-state index contributed by atoms with van der Waals surface area (Å²) < 4.78 is 41.9. The van der Waals surface area contributed by atoms with Crippen LogP contribution in [-0.4, -0.2) is 22.5 Å². The van der Waals surface area contributed by atoms with E-state index in [-0.39, 0.29) is 12.3 Å². The van der Waals surface area contributed by atoms with Gasteiger partial charge in [-0.2, -0.15) is 13.2 Å². The molecule has 0 fully saturated rings. The number of hydrogen-bond donors (Lipinski definition) is 0. The van der Waals surface area contributed by atoms with Gasteiger partial charge in [0.25, 0.3) is 0 Å². The third-order valence-electron chi connectivity index (χ3n) is 2.52. The fraction of sp³-hybridized carbons (Fsp3) is 0.308. The number of esters is 1. The van der Waals surface area contributed by atoms with Crippen molar-refractivity contribution >= 4 is 17.3 Å². The molecule has 8 heteroatoms. The van der Waals surface area contributed by atoms with Crippen LogP contribution >= 0.6 is 11.3 Å². The summed E-state index contributed by atoms with van der Waals surface area (Å²) in [6.07, 6.45) is 0.0606. The van der Waals surface area contributed by atoms with Gasteiger partial charge in [0.15, 0.2) is 10.7 Å². The molecule has 2 aromatic rings. The van der Waals surface area contributed by atoms with Crippen molar-refractivity contribution in [3.8, 4) is 0 Å². The summed E-state index contributed by atoms with van der Waals surface area (Å²) in [6.45, 7) is 0.118. The first-order valence-corrected chi connectivity index (χ1v) is 6.93. The van der Waals surface area contributed by atoms with Crippen molar-refractivity contribution in [2.45, 2.75) is 19.0 Å². The van der Waals surface area contributed by atoms with Crippen LogP contribution in [0, 0.1) is 0 Å². The van der Waals surface area contributed by atoms with E-state index in [4.69, 9.17) is 4.74 Å². The Hall–Kier alpha value is -1.96. The van der Waals surface area contributed by atoms with Gasteiger partial charge in [-0.15, -0.1) is 11.3 Å². The van der Waals surface area contributed by atoms with E-state index in [1.165, 1.54) is 0 Å². The van der Waals surface area contributed by atoms with Crippen molar-refractivity contribution in [1.29, 1.82) is 0 Å². The number of nitrogens with zero attached hydrogens (tertiary/aromatic N) is 2. The predicted octanol–water partition coefficient (Wildman–Crippen LogP) is 3.35. The quantitative estimate of drug-likeness (QED) is 0.627. The molecule has 0 radical (unpaired) electrons. The number of rotatable bonds is 5. The van der Waals surface area contributed by atoms with E-state index < -0.39 is 17.2 Å². The fourth-order valence-corrected chi connectivity index (χ4v) is 2.22. The van der Waals surface area contributed by atoms with Gasteiger partial charge in [-0.05, 0) is 24.5 Å². The van der Waals surface area contributed by atoms with E-state index in [1.54, 1.807) is 18.5 Å². The number of alkyl halides is 3. The summed E-state index contributed by atoms with van der Waals surface area (Å²) in [5, 5.41) is -0.00321. The Morgan fingerprint density at radius 2 is 2.19 bits per heavy atom. The van der Waals surface area contributed by atoms with Gasteiger partial charge in [-0.1, -0.05) is 6.07 Å². The van der Waals surface area contributed by atoms with Crippen LogP contribution in [0.3, 0.4) is 0 Å². The number of halogens is 3. The highest BCUT2D eigenvalue weighted by molar-refractivity contribution is 7.09. The first-order chi connectivity index (χ1) is 9.97. The molecule has 0 saturated heterocycles. The van der Waals surface area contributed by atoms with Crippen LogP contribution < -0.4 is 0 Å². The van der Waals surface area contributed by atoms with Crippen LogP contribution in [0.25, 0.3) is 0 Å². The molecule has 0 aliphatic carbocycles. The smallest absolute Gasteiger partial charge is 0.443 e. The molecule has 0 unspecified atom stereocenters. The van der Waals surface area contributed by atoms with Crippen LogP contribution in [0.1, 0.15) is 27.5 Å². The summed E-state index contributed by atoms with van der Waals surface area (Å²) >= 11 is 0.376. The number of aromatic nitrogens is 2. The Bertz CT molecular complexity index is 599. The van der Waals surface area contributed by atoms with E-state index in [0.717, 1.165) is 10.9 Å². The van der Waals surface area contributed by atoms with Gasteiger partial charge in [0.05, 0.1) is 6.61 Å². The first kappa shape index (κ1) is 15.4. The zero-order valence-electron chi connectivity index (χ0n) is 10.8. The predicted molar refractivity (Wildman–Crippen MR) is 70.0 cm³/mol. The Morgan fingerprint density at radius 3 is 2.81 bits per heavy atom. The molecule has 0 amide bonds. The van der Waals surface area contributed by atoms with E-state index >= 15 is 0 Å². The molecule has 21 heavy (non-hydrogen) atoms. The van der Waals surface area contributed by atoms with Crippen molar-refractivity contribution in [1.82, 2.24) is 9.97 Å². The van der Waals surface area contributed by atoms with Crippen molar-refractivity contribution in [2.24, 2.45) is 0 Å². The summed E-state index contributed by atoms with van der Waals surface area (Å²) in [7, 11) is 0. The lowest BCUT2D eigenvalue weighted by Gasteiger charge is -2.03. The van der Waals surface area contributed by atoms with E-state index in [9.17, 15) is 18.0 Å². The molecular weight excluding hydrogens is 305 g/mol. The van der Waals surface area contributed by atoms with Gasteiger partial charge < -0.3 is 4.74 Å². The maximum atomic E-state index is 12.3. The van der Waals surface area contributed by atoms with Gasteiger partial charge in [0, 0.05) is 17.8 Å². The average molecular weight is 316 g/mol. The highest BCUT2D eigenvalue weighted by Crippen LogP contribution is 2.31. The van der Waals surface area contributed by atoms with Gasteiger partial charge in [0.1, 0.15) is 0 Å². The zero-order valence-corrected chi connectivity index (χ0v) is 11.6. The Kier molecular flexibility index (Phi) is 4.89.